The lowest BCUT2D eigenvalue weighted by Gasteiger charge is -2.34. The van der Waals surface area contributed by atoms with Crippen LogP contribution in [0.5, 0.6) is 0 Å². The number of amides is 1. The maximum Gasteiger partial charge on any atom is 0.407 e. The zero-order chi connectivity index (χ0) is 26.2. The first-order valence-electron chi connectivity index (χ1n) is 13.0. The van der Waals surface area contributed by atoms with Crippen LogP contribution in [0.3, 0.4) is 0 Å². The molecular formula is C28H30N8O2. The van der Waals surface area contributed by atoms with Gasteiger partial charge in [-0.2, -0.15) is 5.10 Å². The Balaban J connectivity index is 1.33. The first-order chi connectivity index (χ1) is 18.5. The molecule has 5 aromatic rings. The second-order valence-electron chi connectivity index (χ2n) is 9.86. The number of hydrogen-bond donors (Lipinski definition) is 3. The van der Waals surface area contributed by atoms with Crippen molar-refractivity contribution in [2.24, 2.45) is 0 Å². The highest BCUT2D eigenvalue weighted by atomic mass is 16.4. The highest BCUT2D eigenvalue weighted by molar-refractivity contribution is 5.99. The monoisotopic (exact) mass is 510 g/mol. The maximum absolute atomic E-state index is 11.6. The Labute approximate surface area is 219 Å². The van der Waals surface area contributed by atoms with Gasteiger partial charge in [0.05, 0.1) is 22.5 Å². The molecule has 3 aromatic heterocycles. The van der Waals surface area contributed by atoms with Gasteiger partial charge < -0.3 is 20.7 Å². The predicted molar refractivity (Wildman–Crippen MR) is 146 cm³/mol. The van der Waals surface area contributed by atoms with E-state index in [-0.39, 0.29) is 12.1 Å². The summed E-state index contributed by atoms with van der Waals surface area (Å²) >= 11 is 0. The van der Waals surface area contributed by atoms with Gasteiger partial charge in [0.15, 0.2) is 5.65 Å². The minimum atomic E-state index is -0.857. The van der Waals surface area contributed by atoms with Crippen LogP contribution in [0.25, 0.3) is 33.3 Å². The zero-order valence-corrected chi connectivity index (χ0v) is 21.2. The maximum atomic E-state index is 11.6. The number of carboxylic acid groups (broad SMARTS) is 1. The largest absolute Gasteiger partial charge is 0.465 e. The summed E-state index contributed by atoms with van der Waals surface area (Å²) in [5, 5.41) is 15.3. The van der Waals surface area contributed by atoms with Gasteiger partial charge >= 0.3 is 6.09 Å². The summed E-state index contributed by atoms with van der Waals surface area (Å²) in [7, 11) is 0. The molecule has 0 unspecified atom stereocenters. The minimum Gasteiger partial charge on any atom is -0.465 e. The second kappa shape index (κ2) is 9.77. The Bertz CT molecular complexity index is 1600. The summed E-state index contributed by atoms with van der Waals surface area (Å²) in [6, 6.07) is 16.5. The highest BCUT2D eigenvalue weighted by Gasteiger charge is 2.31. The van der Waals surface area contributed by atoms with Crippen molar-refractivity contribution in [3.63, 3.8) is 0 Å². The van der Waals surface area contributed by atoms with E-state index in [9.17, 15) is 9.90 Å². The fraction of sp³-hybridized carbons (Fsp3) is 0.321. The van der Waals surface area contributed by atoms with E-state index in [4.69, 9.17) is 15.8 Å². The van der Waals surface area contributed by atoms with Crippen LogP contribution in [0.4, 0.5) is 10.6 Å². The molecule has 6 rings (SSSR count). The van der Waals surface area contributed by atoms with Crippen LogP contribution in [0.2, 0.25) is 0 Å². The summed E-state index contributed by atoms with van der Waals surface area (Å²) in [6.45, 7) is 2.38. The number of rotatable bonds is 6. The molecule has 0 bridgehead atoms. The molecule has 10 heteroatoms. The summed E-state index contributed by atoms with van der Waals surface area (Å²) in [5.74, 6) is 1.29. The molecule has 10 nitrogen and oxygen atoms in total. The van der Waals surface area contributed by atoms with E-state index in [1.165, 1.54) is 16.8 Å². The van der Waals surface area contributed by atoms with Gasteiger partial charge in [-0.15, -0.1) is 0 Å². The lowest BCUT2D eigenvalue weighted by Crippen LogP contribution is -2.41. The molecule has 3 heterocycles. The van der Waals surface area contributed by atoms with Crippen molar-refractivity contribution in [1.29, 1.82) is 0 Å². The average Bonchev–Trinajstić information content (AvgIpc) is 3.51. The molecule has 0 aliphatic heterocycles. The third kappa shape index (κ3) is 4.31. The van der Waals surface area contributed by atoms with Gasteiger partial charge in [0.25, 0.3) is 0 Å². The lowest BCUT2D eigenvalue weighted by atomic mass is 9.90. The first-order valence-corrected chi connectivity index (χ1v) is 13.0. The quantitative estimate of drug-likeness (QED) is 0.291. The van der Waals surface area contributed by atoms with Crippen LogP contribution in [0.1, 0.15) is 50.0 Å². The van der Waals surface area contributed by atoms with E-state index in [2.05, 4.69) is 27.1 Å². The minimum absolute atomic E-state index is 0.0295. The number of aromatic nitrogens is 6. The van der Waals surface area contributed by atoms with Gasteiger partial charge in [0.2, 0.25) is 0 Å². The number of nitrogens with one attached hydrogen (secondary N) is 1. The highest BCUT2D eigenvalue weighted by Crippen LogP contribution is 2.37. The summed E-state index contributed by atoms with van der Waals surface area (Å²) in [6.07, 6.45) is 4.54. The number of aromatic amines is 1. The number of fused-ring (bicyclic) bond motifs is 2. The van der Waals surface area contributed by atoms with Crippen molar-refractivity contribution >= 4 is 34.0 Å². The number of carbonyl (C=O) groups is 1. The Morgan fingerprint density at radius 3 is 2.66 bits per heavy atom. The summed E-state index contributed by atoms with van der Waals surface area (Å²) < 4.78 is 1.96. The molecular weight excluding hydrogens is 480 g/mol. The van der Waals surface area contributed by atoms with Crippen molar-refractivity contribution in [2.45, 2.75) is 51.1 Å². The molecule has 4 N–H and O–H groups in total. The molecule has 0 atom stereocenters. The summed E-state index contributed by atoms with van der Waals surface area (Å²) in [5.41, 5.74) is 11.7. The Morgan fingerprint density at radius 1 is 1.13 bits per heavy atom. The smallest absolute Gasteiger partial charge is 0.407 e. The molecule has 0 radical (unpaired) electrons. The molecule has 1 saturated carbocycles. The Kier molecular flexibility index (Phi) is 6.15. The van der Waals surface area contributed by atoms with Crippen LogP contribution in [-0.2, 0) is 6.42 Å². The number of H-pyrrole nitrogens is 1. The van der Waals surface area contributed by atoms with Gasteiger partial charge in [-0.3, -0.25) is 0 Å². The molecule has 0 spiro atoms. The summed E-state index contributed by atoms with van der Waals surface area (Å²) in [4.78, 5) is 30.2. The number of hydrogen-bond acceptors (Lipinski definition) is 6. The standard InChI is InChI=1S/C28H30N8O2/c1-2-35(28(37)38)19-9-11-20(12-10-19)36-27-24(26(29)30-16-31-27)25(34-36)18-8-13-21-22(15-18)33-23(32-21)14-17-6-4-3-5-7-17/h3-8,13,15-16,19-20H,2,9-12,14H2,1H3,(H,32,33)(H,37,38)(H2,29,30,31). The second-order valence-corrected chi connectivity index (χ2v) is 9.86. The van der Waals surface area contributed by atoms with Crippen molar-refractivity contribution < 1.29 is 9.90 Å². The molecule has 2 aromatic carbocycles. The Morgan fingerprint density at radius 2 is 1.92 bits per heavy atom. The van der Waals surface area contributed by atoms with Gasteiger partial charge in [-0.05, 0) is 50.3 Å². The lowest BCUT2D eigenvalue weighted by molar-refractivity contribution is 0.107. The number of nitrogen functional groups attached to an aromatic ring is 1. The number of nitrogens with two attached hydrogens (primary N) is 1. The number of anilines is 1. The molecule has 1 fully saturated rings. The zero-order valence-electron chi connectivity index (χ0n) is 21.2. The van der Waals surface area contributed by atoms with Gasteiger partial charge in [-0.25, -0.2) is 24.4 Å². The average molecular weight is 511 g/mol. The van der Waals surface area contributed by atoms with E-state index in [1.54, 1.807) is 0 Å². The first kappa shape index (κ1) is 23.9. The van der Waals surface area contributed by atoms with Crippen molar-refractivity contribution in [3.05, 3.63) is 66.2 Å². The third-order valence-corrected chi connectivity index (χ3v) is 7.58. The molecule has 194 valence electrons. The van der Waals surface area contributed by atoms with Crippen molar-refractivity contribution in [3.8, 4) is 11.3 Å². The van der Waals surface area contributed by atoms with E-state index >= 15 is 0 Å². The Hall–Kier alpha value is -4.47. The molecule has 1 aliphatic rings. The molecule has 1 amide bonds. The molecule has 38 heavy (non-hydrogen) atoms. The number of nitrogens with zero attached hydrogens (tertiary/aromatic N) is 6. The van der Waals surface area contributed by atoms with Crippen LogP contribution in [0, 0.1) is 0 Å². The topological polar surface area (TPSA) is 139 Å². The molecule has 1 aliphatic carbocycles. The normalized spacial score (nSPS) is 17.7. The molecule has 0 saturated heterocycles. The van der Waals surface area contributed by atoms with E-state index < -0.39 is 6.09 Å². The van der Waals surface area contributed by atoms with E-state index in [1.807, 2.05) is 48.0 Å². The third-order valence-electron chi connectivity index (χ3n) is 7.58. The number of imidazole rings is 1. The van der Waals surface area contributed by atoms with Crippen molar-refractivity contribution in [1.82, 2.24) is 34.6 Å². The van der Waals surface area contributed by atoms with Gasteiger partial charge in [0, 0.05) is 24.6 Å². The van der Waals surface area contributed by atoms with Crippen LogP contribution in [0.15, 0.2) is 54.9 Å². The van der Waals surface area contributed by atoms with E-state index in [0.29, 0.717) is 18.0 Å². The number of benzene rings is 2. The SMILES string of the molecule is CCN(C(=O)O)C1CCC(n2nc(-c3ccc4[nH]c(Cc5ccccc5)nc4c3)c3c(N)ncnc32)CC1. The fourth-order valence-electron chi connectivity index (χ4n) is 5.70. The van der Waals surface area contributed by atoms with Crippen LogP contribution >= 0.6 is 0 Å². The van der Waals surface area contributed by atoms with Gasteiger partial charge in [-0.1, -0.05) is 36.4 Å². The van der Waals surface area contributed by atoms with E-state index in [0.717, 1.165) is 65.6 Å². The predicted octanol–water partition coefficient (Wildman–Crippen LogP) is 5.03. The van der Waals surface area contributed by atoms with Crippen LogP contribution < -0.4 is 5.73 Å². The van der Waals surface area contributed by atoms with Gasteiger partial charge in [0.1, 0.15) is 23.7 Å². The van der Waals surface area contributed by atoms with Crippen LogP contribution in [-0.4, -0.2) is 58.4 Å². The fourth-order valence-corrected chi connectivity index (χ4v) is 5.70. The van der Waals surface area contributed by atoms with Crippen molar-refractivity contribution in [2.75, 3.05) is 12.3 Å².